The fourth-order valence-electron chi connectivity index (χ4n) is 0.681. The van der Waals surface area contributed by atoms with Crippen LogP contribution >= 0.6 is 12.2 Å². The fraction of sp³-hybridized carbons (Fsp3) is 0. The number of aromatic nitrogens is 1. The van der Waals surface area contributed by atoms with Crippen LogP contribution in [0.2, 0.25) is 0 Å². The molecule has 5 heteroatoms. The first-order valence-electron chi connectivity index (χ1n) is 3.21. The Morgan fingerprint density at radius 2 is 2.42 bits per heavy atom. The van der Waals surface area contributed by atoms with Crippen molar-refractivity contribution in [3.63, 3.8) is 0 Å². The molecule has 0 bridgehead atoms. The molecule has 3 N–H and O–H groups in total. The van der Waals surface area contributed by atoms with Gasteiger partial charge in [-0.1, -0.05) is 0 Å². The van der Waals surface area contributed by atoms with Crippen LogP contribution in [-0.4, -0.2) is 16.0 Å². The molecule has 0 saturated heterocycles. The molecule has 1 amide bonds. The highest BCUT2D eigenvalue weighted by atomic mass is 32.1. The Morgan fingerprint density at radius 3 is 2.92 bits per heavy atom. The van der Waals surface area contributed by atoms with Gasteiger partial charge in [-0.3, -0.25) is 15.1 Å². The lowest BCUT2D eigenvalue weighted by atomic mass is 10.3. The number of carbonyl (C=O) groups is 1. The molecule has 0 aliphatic carbocycles. The molecule has 0 aliphatic rings. The molecule has 0 aromatic carbocycles. The summed E-state index contributed by atoms with van der Waals surface area (Å²) in [4.78, 5) is 14.9. The van der Waals surface area contributed by atoms with Gasteiger partial charge in [0.1, 0.15) is 0 Å². The quantitative estimate of drug-likeness (QED) is 0.601. The van der Waals surface area contributed by atoms with Crippen molar-refractivity contribution in [3.05, 3.63) is 30.1 Å². The predicted octanol–water partition coefficient (Wildman–Crippen LogP) is 0.0550. The molecule has 1 aromatic rings. The van der Waals surface area contributed by atoms with E-state index in [1.165, 1.54) is 6.20 Å². The number of nitrogens with one attached hydrogen (secondary N) is 1. The van der Waals surface area contributed by atoms with E-state index in [1.54, 1.807) is 18.3 Å². The molecule has 1 heterocycles. The van der Waals surface area contributed by atoms with E-state index in [0.29, 0.717) is 5.56 Å². The van der Waals surface area contributed by atoms with Gasteiger partial charge < -0.3 is 5.73 Å². The van der Waals surface area contributed by atoms with E-state index in [9.17, 15) is 4.79 Å². The number of pyridine rings is 1. The van der Waals surface area contributed by atoms with Crippen LogP contribution < -0.4 is 11.1 Å². The summed E-state index contributed by atoms with van der Waals surface area (Å²) in [6.45, 7) is 0. The maximum absolute atomic E-state index is 11.1. The van der Waals surface area contributed by atoms with E-state index in [-0.39, 0.29) is 11.0 Å². The Morgan fingerprint density at radius 1 is 1.67 bits per heavy atom. The SMILES string of the molecule is NC(=S)NC(=O)c1cccnc1. The summed E-state index contributed by atoms with van der Waals surface area (Å²) in [5, 5.41) is 2.25. The number of nitrogens with zero attached hydrogens (tertiary/aromatic N) is 1. The van der Waals surface area contributed by atoms with Crippen LogP contribution in [0.3, 0.4) is 0 Å². The lowest BCUT2D eigenvalue weighted by Crippen LogP contribution is -2.34. The highest BCUT2D eigenvalue weighted by molar-refractivity contribution is 7.80. The normalized spacial score (nSPS) is 9.00. The van der Waals surface area contributed by atoms with Crippen molar-refractivity contribution in [1.29, 1.82) is 0 Å². The Bertz CT molecular complexity index is 299. The summed E-state index contributed by atoms with van der Waals surface area (Å²) in [6.07, 6.45) is 3.02. The number of hydrogen-bond acceptors (Lipinski definition) is 3. The zero-order valence-corrected chi connectivity index (χ0v) is 6.97. The van der Waals surface area contributed by atoms with Gasteiger partial charge in [-0.2, -0.15) is 0 Å². The van der Waals surface area contributed by atoms with Crippen molar-refractivity contribution in [2.45, 2.75) is 0 Å². The Balaban J connectivity index is 2.73. The zero-order chi connectivity index (χ0) is 8.97. The summed E-state index contributed by atoms with van der Waals surface area (Å²) < 4.78 is 0. The van der Waals surface area contributed by atoms with Crippen LogP contribution in [-0.2, 0) is 0 Å². The van der Waals surface area contributed by atoms with Crippen LogP contribution in [0.5, 0.6) is 0 Å². The molecule has 0 aliphatic heterocycles. The molecule has 1 rings (SSSR count). The molecule has 12 heavy (non-hydrogen) atoms. The van der Waals surface area contributed by atoms with E-state index in [2.05, 4.69) is 22.5 Å². The van der Waals surface area contributed by atoms with Crippen LogP contribution in [0, 0.1) is 0 Å². The molecule has 0 spiro atoms. The fourth-order valence-corrected chi connectivity index (χ4v) is 0.774. The molecule has 1 aromatic heterocycles. The predicted molar refractivity (Wildman–Crippen MR) is 48.5 cm³/mol. The van der Waals surface area contributed by atoms with Gasteiger partial charge in [-0.05, 0) is 24.4 Å². The topological polar surface area (TPSA) is 68.0 Å². The average Bonchev–Trinajstić information content (AvgIpc) is 2.05. The molecular formula is C7H7N3OS. The zero-order valence-electron chi connectivity index (χ0n) is 6.15. The smallest absolute Gasteiger partial charge is 0.258 e. The van der Waals surface area contributed by atoms with Gasteiger partial charge >= 0.3 is 0 Å². The van der Waals surface area contributed by atoms with Gasteiger partial charge in [0.15, 0.2) is 5.11 Å². The molecular weight excluding hydrogens is 174 g/mol. The van der Waals surface area contributed by atoms with Crippen molar-refractivity contribution < 1.29 is 4.79 Å². The number of nitrogens with two attached hydrogens (primary N) is 1. The summed E-state index contributed by atoms with van der Waals surface area (Å²) >= 11 is 4.50. The number of hydrogen-bond donors (Lipinski definition) is 2. The lowest BCUT2D eigenvalue weighted by molar-refractivity contribution is 0.0977. The van der Waals surface area contributed by atoms with E-state index >= 15 is 0 Å². The molecule has 0 radical (unpaired) electrons. The second-order valence-electron chi connectivity index (χ2n) is 2.06. The molecule has 0 saturated carbocycles. The summed E-state index contributed by atoms with van der Waals surface area (Å²) in [7, 11) is 0. The number of thiocarbonyl (C=S) groups is 1. The molecule has 0 fully saturated rings. The van der Waals surface area contributed by atoms with E-state index in [0.717, 1.165) is 0 Å². The van der Waals surface area contributed by atoms with Crippen molar-refractivity contribution in [3.8, 4) is 0 Å². The monoisotopic (exact) mass is 181 g/mol. The summed E-state index contributed by atoms with van der Waals surface area (Å²) in [5.41, 5.74) is 5.55. The largest absolute Gasteiger partial charge is 0.376 e. The van der Waals surface area contributed by atoms with Crippen LogP contribution in [0.25, 0.3) is 0 Å². The van der Waals surface area contributed by atoms with Crippen molar-refractivity contribution in [2.75, 3.05) is 0 Å². The molecule has 4 nitrogen and oxygen atoms in total. The average molecular weight is 181 g/mol. The second-order valence-corrected chi connectivity index (χ2v) is 2.50. The van der Waals surface area contributed by atoms with Crippen LogP contribution in [0.15, 0.2) is 24.5 Å². The Labute approximate surface area is 74.8 Å². The van der Waals surface area contributed by atoms with Gasteiger partial charge in [0.2, 0.25) is 0 Å². The van der Waals surface area contributed by atoms with Crippen molar-refractivity contribution >= 4 is 23.2 Å². The van der Waals surface area contributed by atoms with Gasteiger partial charge in [-0.15, -0.1) is 0 Å². The summed E-state index contributed by atoms with van der Waals surface area (Å²) in [5.74, 6) is -0.337. The molecule has 62 valence electrons. The highest BCUT2D eigenvalue weighted by Gasteiger charge is 2.03. The first kappa shape index (κ1) is 8.61. The van der Waals surface area contributed by atoms with Crippen LogP contribution in [0.4, 0.5) is 0 Å². The minimum atomic E-state index is -0.337. The maximum Gasteiger partial charge on any atom is 0.258 e. The lowest BCUT2D eigenvalue weighted by Gasteiger charge is -2.00. The van der Waals surface area contributed by atoms with E-state index < -0.39 is 0 Å². The van der Waals surface area contributed by atoms with Gasteiger partial charge in [0, 0.05) is 12.4 Å². The number of rotatable bonds is 1. The van der Waals surface area contributed by atoms with Crippen molar-refractivity contribution in [1.82, 2.24) is 10.3 Å². The maximum atomic E-state index is 11.1. The first-order chi connectivity index (χ1) is 5.70. The van der Waals surface area contributed by atoms with E-state index in [1.807, 2.05) is 0 Å². The number of amides is 1. The standard InChI is InChI=1S/C7H7N3OS/c8-7(12)10-6(11)5-2-1-3-9-4-5/h1-4H,(H3,8,10,11,12). The Hall–Kier alpha value is -1.49. The van der Waals surface area contributed by atoms with Gasteiger partial charge in [-0.25, -0.2) is 0 Å². The van der Waals surface area contributed by atoms with Crippen LogP contribution in [0.1, 0.15) is 10.4 Å². The minimum absolute atomic E-state index is 0.0381. The molecule has 0 atom stereocenters. The number of carbonyl (C=O) groups excluding carboxylic acids is 1. The molecule has 0 unspecified atom stereocenters. The Kier molecular flexibility index (Phi) is 2.71. The third-order valence-corrected chi connectivity index (χ3v) is 1.26. The third kappa shape index (κ3) is 2.28. The van der Waals surface area contributed by atoms with Crippen molar-refractivity contribution in [2.24, 2.45) is 5.73 Å². The third-order valence-electron chi connectivity index (χ3n) is 1.16. The van der Waals surface area contributed by atoms with Gasteiger partial charge in [0.25, 0.3) is 5.91 Å². The first-order valence-corrected chi connectivity index (χ1v) is 3.62. The van der Waals surface area contributed by atoms with E-state index in [4.69, 9.17) is 5.73 Å². The van der Waals surface area contributed by atoms with Gasteiger partial charge in [0.05, 0.1) is 5.56 Å². The summed E-state index contributed by atoms with van der Waals surface area (Å²) in [6, 6.07) is 3.29. The second kappa shape index (κ2) is 3.77. The minimum Gasteiger partial charge on any atom is -0.376 e. The highest BCUT2D eigenvalue weighted by Crippen LogP contribution is 1.93.